The lowest BCUT2D eigenvalue weighted by Gasteiger charge is -2.19. The van der Waals surface area contributed by atoms with Gasteiger partial charge in [0.05, 0.1) is 5.69 Å². The van der Waals surface area contributed by atoms with Gasteiger partial charge < -0.3 is 9.73 Å². The third-order valence-corrected chi connectivity index (χ3v) is 3.97. The summed E-state index contributed by atoms with van der Waals surface area (Å²) in [5, 5.41) is 3.47. The molecule has 0 aliphatic heterocycles. The molecule has 106 valence electrons. The molecule has 20 heavy (non-hydrogen) atoms. The number of pyridine rings is 1. The number of aromatic nitrogens is 2. The Morgan fingerprint density at radius 1 is 1.20 bits per heavy atom. The number of oxazole rings is 1. The second-order valence-electron chi connectivity index (χ2n) is 5.51. The first-order valence-corrected chi connectivity index (χ1v) is 7.32. The Morgan fingerprint density at radius 2 is 2.05 bits per heavy atom. The lowest BCUT2D eigenvalue weighted by molar-refractivity contribution is 0.522. The lowest BCUT2D eigenvalue weighted by atomic mass is 9.91. The fourth-order valence-electron chi connectivity index (χ4n) is 2.91. The number of aryl methyl sites for hydroxylation is 3. The molecule has 0 unspecified atom stereocenters. The molecule has 3 rings (SSSR count). The van der Waals surface area contributed by atoms with Crippen LogP contribution in [0.4, 0.5) is 0 Å². The van der Waals surface area contributed by atoms with Gasteiger partial charge in [-0.2, -0.15) is 0 Å². The molecule has 2 heterocycles. The third kappa shape index (κ3) is 2.75. The maximum atomic E-state index is 5.22. The number of fused-ring (bicyclic) bond motifs is 1. The molecule has 0 spiro atoms. The molecule has 0 aromatic carbocycles. The minimum atomic E-state index is 0.748. The highest BCUT2D eigenvalue weighted by molar-refractivity contribution is 5.34. The van der Waals surface area contributed by atoms with Crippen LogP contribution in [0.25, 0.3) is 0 Å². The first-order chi connectivity index (χ1) is 9.74. The molecule has 1 aliphatic rings. The zero-order valence-electron chi connectivity index (χ0n) is 12.2. The average Bonchev–Trinajstić information content (AvgIpc) is 2.84. The van der Waals surface area contributed by atoms with Crippen molar-refractivity contribution in [2.75, 3.05) is 0 Å². The Balaban J connectivity index is 1.71. The molecule has 0 amide bonds. The predicted molar refractivity (Wildman–Crippen MR) is 77.4 cm³/mol. The second kappa shape index (κ2) is 5.75. The van der Waals surface area contributed by atoms with Crippen LogP contribution in [0.3, 0.4) is 0 Å². The molecule has 0 saturated carbocycles. The molecular formula is C16H21N3O. The summed E-state index contributed by atoms with van der Waals surface area (Å²) in [5.74, 6) is 0.894. The highest BCUT2D eigenvalue weighted by atomic mass is 16.3. The van der Waals surface area contributed by atoms with E-state index in [4.69, 9.17) is 9.40 Å². The maximum Gasteiger partial charge on any atom is 0.181 e. The van der Waals surface area contributed by atoms with Gasteiger partial charge in [-0.1, -0.05) is 0 Å². The zero-order valence-corrected chi connectivity index (χ0v) is 12.2. The molecule has 2 aromatic heterocycles. The van der Waals surface area contributed by atoms with Crippen molar-refractivity contribution in [3.63, 3.8) is 0 Å². The summed E-state index contributed by atoms with van der Waals surface area (Å²) < 4.78 is 5.22. The first kappa shape index (κ1) is 13.3. The molecule has 1 aliphatic carbocycles. The lowest BCUT2D eigenvalue weighted by Crippen LogP contribution is -2.18. The number of rotatable bonds is 4. The molecule has 2 aromatic rings. The molecule has 0 radical (unpaired) electrons. The highest BCUT2D eigenvalue weighted by Gasteiger charge is 2.15. The van der Waals surface area contributed by atoms with Gasteiger partial charge in [-0.05, 0) is 56.7 Å². The number of hydrogen-bond donors (Lipinski definition) is 1. The molecule has 4 nitrogen and oxygen atoms in total. The smallest absolute Gasteiger partial charge is 0.181 e. The van der Waals surface area contributed by atoms with Gasteiger partial charge in [0.15, 0.2) is 6.39 Å². The van der Waals surface area contributed by atoms with E-state index in [-0.39, 0.29) is 0 Å². The molecule has 0 atom stereocenters. The summed E-state index contributed by atoms with van der Waals surface area (Å²) in [5.41, 5.74) is 6.29. The number of hydrogen-bond acceptors (Lipinski definition) is 4. The van der Waals surface area contributed by atoms with Crippen molar-refractivity contribution in [2.45, 2.75) is 52.6 Å². The van der Waals surface area contributed by atoms with Crippen LogP contribution in [0.1, 0.15) is 46.8 Å². The van der Waals surface area contributed by atoms with Gasteiger partial charge >= 0.3 is 0 Å². The van der Waals surface area contributed by atoms with E-state index in [1.54, 1.807) is 0 Å². The SMILES string of the molecule is Cc1cc(CNCc2ncoc2C)c2c(n1)CCCC2. The van der Waals surface area contributed by atoms with Gasteiger partial charge in [0, 0.05) is 24.5 Å². The highest BCUT2D eigenvalue weighted by Crippen LogP contribution is 2.23. The first-order valence-electron chi connectivity index (χ1n) is 7.32. The molecule has 0 bridgehead atoms. The molecule has 4 heteroatoms. The van der Waals surface area contributed by atoms with Crippen LogP contribution >= 0.6 is 0 Å². The summed E-state index contributed by atoms with van der Waals surface area (Å²) in [6, 6.07) is 2.22. The van der Waals surface area contributed by atoms with Crippen LogP contribution in [0.2, 0.25) is 0 Å². The van der Waals surface area contributed by atoms with Crippen LogP contribution in [-0.4, -0.2) is 9.97 Å². The Bertz CT molecular complexity index is 604. The average molecular weight is 271 g/mol. The topological polar surface area (TPSA) is 51.0 Å². The van der Waals surface area contributed by atoms with E-state index < -0.39 is 0 Å². The Hall–Kier alpha value is -1.68. The summed E-state index contributed by atoms with van der Waals surface area (Å²) >= 11 is 0. The minimum absolute atomic E-state index is 0.748. The van der Waals surface area contributed by atoms with Crippen molar-refractivity contribution >= 4 is 0 Å². The number of nitrogens with zero attached hydrogens (tertiary/aromatic N) is 2. The van der Waals surface area contributed by atoms with E-state index >= 15 is 0 Å². The quantitative estimate of drug-likeness (QED) is 0.929. The van der Waals surface area contributed by atoms with Gasteiger partial charge in [0.1, 0.15) is 5.76 Å². The molecular weight excluding hydrogens is 250 g/mol. The number of nitrogens with one attached hydrogen (secondary N) is 1. The van der Waals surface area contributed by atoms with E-state index in [9.17, 15) is 0 Å². The van der Waals surface area contributed by atoms with Gasteiger partial charge in [-0.3, -0.25) is 4.98 Å². The monoisotopic (exact) mass is 271 g/mol. The molecule has 0 fully saturated rings. The Morgan fingerprint density at radius 3 is 2.85 bits per heavy atom. The summed E-state index contributed by atoms with van der Waals surface area (Å²) in [4.78, 5) is 8.90. The third-order valence-electron chi connectivity index (χ3n) is 3.97. The minimum Gasteiger partial charge on any atom is -0.448 e. The van der Waals surface area contributed by atoms with Crippen molar-refractivity contribution in [3.05, 3.63) is 46.4 Å². The predicted octanol–water partition coefficient (Wildman–Crippen LogP) is 2.86. The fraction of sp³-hybridized carbons (Fsp3) is 0.500. The molecule has 0 saturated heterocycles. The van der Waals surface area contributed by atoms with E-state index in [0.29, 0.717) is 0 Å². The van der Waals surface area contributed by atoms with Crippen LogP contribution in [-0.2, 0) is 25.9 Å². The standard InChI is InChI=1S/C16H21N3O/c1-11-7-13(14-5-3-4-6-15(14)19-11)8-17-9-16-12(2)20-10-18-16/h7,10,17H,3-6,8-9H2,1-2H3. The van der Waals surface area contributed by atoms with Gasteiger partial charge in [0.2, 0.25) is 0 Å². The summed E-state index contributed by atoms with van der Waals surface area (Å²) in [6.07, 6.45) is 6.36. The Labute approximate surface area is 119 Å². The van der Waals surface area contributed by atoms with Crippen molar-refractivity contribution < 1.29 is 4.42 Å². The second-order valence-corrected chi connectivity index (χ2v) is 5.51. The summed E-state index contributed by atoms with van der Waals surface area (Å²) in [7, 11) is 0. The van der Waals surface area contributed by atoms with Crippen LogP contribution in [0, 0.1) is 13.8 Å². The largest absolute Gasteiger partial charge is 0.448 e. The summed E-state index contributed by atoms with van der Waals surface area (Å²) in [6.45, 7) is 5.65. The van der Waals surface area contributed by atoms with Crippen molar-refractivity contribution in [1.29, 1.82) is 0 Å². The van der Waals surface area contributed by atoms with E-state index in [2.05, 4.69) is 23.3 Å². The van der Waals surface area contributed by atoms with Gasteiger partial charge in [-0.25, -0.2) is 4.98 Å². The van der Waals surface area contributed by atoms with Crippen LogP contribution < -0.4 is 5.32 Å². The van der Waals surface area contributed by atoms with Crippen molar-refractivity contribution in [2.24, 2.45) is 0 Å². The van der Waals surface area contributed by atoms with E-state index in [0.717, 1.165) is 36.7 Å². The normalized spacial score (nSPS) is 14.3. The van der Waals surface area contributed by atoms with Crippen molar-refractivity contribution in [1.82, 2.24) is 15.3 Å². The Kier molecular flexibility index (Phi) is 3.83. The van der Waals surface area contributed by atoms with Gasteiger partial charge in [0.25, 0.3) is 0 Å². The van der Waals surface area contributed by atoms with E-state index in [1.807, 2.05) is 6.92 Å². The van der Waals surface area contributed by atoms with E-state index in [1.165, 1.54) is 42.5 Å². The van der Waals surface area contributed by atoms with Gasteiger partial charge in [-0.15, -0.1) is 0 Å². The fourth-order valence-corrected chi connectivity index (χ4v) is 2.91. The van der Waals surface area contributed by atoms with Crippen LogP contribution in [0.15, 0.2) is 16.9 Å². The van der Waals surface area contributed by atoms with Crippen LogP contribution in [0.5, 0.6) is 0 Å². The molecule has 1 N–H and O–H groups in total. The zero-order chi connectivity index (χ0) is 13.9. The maximum absolute atomic E-state index is 5.22. The van der Waals surface area contributed by atoms with Crippen molar-refractivity contribution in [3.8, 4) is 0 Å².